The summed E-state index contributed by atoms with van der Waals surface area (Å²) < 4.78 is 0. The number of hydrogen-bond donors (Lipinski definition) is 2. The Balaban J connectivity index is 2.49. The standard InChI is InChI=1S/C10H18N2O3/c1-3-8-5-4-6-12(8)10(15)11-7(2)9(13)14/h7-8H,3-6H2,1-2H3,(H,11,15)(H,13,14)/t7-,8?/m1/s1. The van der Waals surface area contributed by atoms with Crippen LogP contribution >= 0.6 is 0 Å². The van der Waals surface area contributed by atoms with Crippen LogP contribution in [0, 0.1) is 0 Å². The van der Waals surface area contributed by atoms with Crippen molar-refractivity contribution in [1.82, 2.24) is 10.2 Å². The molecule has 15 heavy (non-hydrogen) atoms. The molecule has 0 spiro atoms. The minimum absolute atomic E-state index is 0.255. The highest BCUT2D eigenvalue weighted by molar-refractivity contribution is 5.82. The zero-order chi connectivity index (χ0) is 11.4. The van der Waals surface area contributed by atoms with E-state index in [0.29, 0.717) is 0 Å². The summed E-state index contributed by atoms with van der Waals surface area (Å²) >= 11 is 0. The number of urea groups is 1. The maximum atomic E-state index is 11.7. The van der Waals surface area contributed by atoms with Gasteiger partial charge in [-0.2, -0.15) is 0 Å². The van der Waals surface area contributed by atoms with E-state index in [1.54, 1.807) is 4.90 Å². The Morgan fingerprint density at radius 3 is 2.80 bits per heavy atom. The van der Waals surface area contributed by atoms with E-state index in [-0.39, 0.29) is 12.1 Å². The number of aliphatic carboxylic acids is 1. The molecule has 0 saturated carbocycles. The first-order chi connectivity index (χ1) is 7.06. The van der Waals surface area contributed by atoms with Crippen LogP contribution in [-0.2, 0) is 4.79 Å². The van der Waals surface area contributed by atoms with Gasteiger partial charge in [0.25, 0.3) is 0 Å². The predicted octanol–water partition coefficient (Wildman–Crippen LogP) is 1.04. The Hall–Kier alpha value is -1.26. The first-order valence-electron chi connectivity index (χ1n) is 5.36. The topological polar surface area (TPSA) is 69.6 Å². The number of carbonyl (C=O) groups excluding carboxylic acids is 1. The van der Waals surface area contributed by atoms with Gasteiger partial charge in [-0.1, -0.05) is 6.92 Å². The third-order valence-corrected chi connectivity index (χ3v) is 2.82. The number of likely N-dealkylation sites (tertiary alicyclic amines) is 1. The molecule has 1 rings (SSSR count). The lowest BCUT2D eigenvalue weighted by molar-refractivity contribution is -0.138. The average molecular weight is 214 g/mol. The summed E-state index contributed by atoms with van der Waals surface area (Å²) in [5.41, 5.74) is 0. The lowest BCUT2D eigenvalue weighted by Gasteiger charge is -2.24. The normalized spacial score (nSPS) is 22.5. The number of nitrogens with one attached hydrogen (secondary N) is 1. The van der Waals surface area contributed by atoms with Gasteiger partial charge in [-0.15, -0.1) is 0 Å². The van der Waals surface area contributed by atoms with Crippen molar-refractivity contribution in [3.63, 3.8) is 0 Å². The third kappa shape index (κ3) is 2.84. The van der Waals surface area contributed by atoms with Crippen LogP contribution in [0.25, 0.3) is 0 Å². The van der Waals surface area contributed by atoms with E-state index in [9.17, 15) is 9.59 Å². The summed E-state index contributed by atoms with van der Waals surface area (Å²) in [6.45, 7) is 4.24. The van der Waals surface area contributed by atoms with Crippen LogP contribution in [0.2, 0.25) is 0 Å². The molecule has 0 aromatic heterocycles. The fourth-order valence-corrected chi connectivity index (χ4v) is 1.86. The van der Waals surface area contributed by atoms with Crippen molar-refractivity contribution in [2.75, 3.05) is 6.54 Å². The molecule has 5 nitrogen and oxygen atoms in total. The number of nitrogens with zero attached hydrogens (tertiary/aromatic N) is 1. The Morgan fingerprint density at radius 2 is 2.27 bits per heavy atom. The van der Waals surface area contributed by atoms with E-state index < -0.39 is 12.0 Å². The summed E-state index contributed by atoms with van der Waals surface area (Å²) in [5, 5.41) is 11.1. The molecule has 5 heteroatoms. The van der Waals surface area contributed by atoms with Crippen LogP contribution in [0.3, 0.4) is 0 Å². The Labute approximate surface area is 89.4 Å². The van der Waals surface area contributed by atoms with Crippen LogP contribution in [0.4, 0.5) is 4.79 Å². The fourth-order valence-electron chi connectivity index (χ4n) is 1.86. The smallest absolute Gasteiger partial charge is 0.325 e. The molecule has 0 aromatic carbocycles. The van der Waals surface area contributed by atoms with Gasteiger partial charge >= 0.3 is 12.0 Å². The van der Waals surface area contributed by atoms with Gasteiger partial charge in [0.15, 0.2) is 0 Å². The molecular formula is C10H18N2O3. The molecule has 1 aliphatic rings. The van der Waals surface area contributed by atoms with E-state index in [1.165, 1.54) is 6.92 Å². The molecule has 1 saturated heterocycles. The molecule has 1 heterocycles. The molecule has 1 aliphatic heterocycles. The highest BCUT2D eigenvalue weighted by Crippen LogP contribution is 2.19. The lowest BCUT2D eigenvalue weighted by atomic mass is 10.2. The minimum Gasteiger partial charge on any atom is -0.480 e. The monoisotopic (exact) mass is 214 g/mol. The van der Waals surface area contributed by atoms with Crippen LogP contribution in [0.5, 0.6) is 0 Å². The van der Waals surface area contributed by atoms with Crippen molar-refractivity contribution in [2.45, 2.75) is 45.2 Å². The molecular weight excluding hydrogens is 196 g/mol. The highest BCUT2D eigenvalue weighted by atomic mass is 16.4. The first-order valence-corrected chi connectivity index (χ1v) is 5.36. The van der Waals surface area contributed by atoms with Crippen molar-refractivity contribution in [1.29, 1.82) is 0 Å². The van der Waals surface area contributed by atoms with Gasteiger partial charge in [0.2, 0.25) is 0 Å². The molecule has 2 atom stereocenters. The molecule has 0 radical (unpaired) electrons. The quantitative estimate of drug-likeness (QED) is 0.737. The van der Waals surface area contributed by atoms with E-state index in [1.807, 2.05) is 6.92 Å². The van der Waals surface area contributed by atoms with Crippen molar-refractivity contribution < 1.29 is 14.7 Å². The zero-order valence-electron chi connectivity index (χ0n) is 9.19. The number of carbonyl (C=O) groups is 2. The van der Waals surface area contributed by atoms with Gasteiger partial charge in [-0.25, -0.2) is 4.79 Å². The number of carboxylic acids is 1. The average Bonchev–Trinajstić information content (AvgIpc) is 2.64. The number of rotatable bonds is 3. The van der Waals surface area contributed by atoms with E-state index in [2.05, 4.69) is 5.32 Å². The van der Waals surface area contributed by atoms with Gasteiger partial charge in [0, 0.05) is 12.6 Å². The molecule has 1 fully saturated rings. The van der Waals surface area contributed by atoms with Crippen molar-refractivity contribution in [3.8, 4) is 0 Å². The Kier molecular flexibility index (Phi) is 3.94. The SMILES string of the molecule is CCC1CCCN1C(=O)N[C@H](C)C(=O)O. The summed E-state index contributed by atoms with van der Waals surface area (Å²) in [5.74, 6) is -1.00. The van der Waals surface area contributed by atoms with E-state index in [0.717, 1.165) is 25.8 Å². The molecule has 86 valence electrons. The largest absolute Gasteiger partial charge is 0.480 e. The van der Waals surface area contributed by atoms with Crippen LogP contribution < -0.4 is 5.32 Å². The summed E-state index contributed by atoms with van der Waals surface area (Å²) in [7, 11) is 0. The number of hydrogen-bond acceptors (Lipinski definition) is 2. The van der Waals surface area contributed by atoms with Crippen LogP contribution in [-0.4, -0.2) is 40.6 Å². The Morgan fingerprint density at radius 1 is 1.60 bits per heavy atom. The Bertz CT molecular complexity index is 255. The molecule has 0 aromatic rings. The zero-order valence-corrected chi connectivity index (χ0v) is 9.19. The molecule has 1 unspecified atom stereocenters. The second-order valence-corrected chi connectivity index (χ2v) is 3.91. The summed E-state index contributed by atoms with van der Waals surface area (Å²) in [6, 6.07) is -0.809. The molecule has 0 bridgehead atoms. The van der Waals surface area contributed by atoms with Gasteiger partial charge in [0.1, 0.15) is 6.04 Å². The fraction of sp³-hybridized carbons (Fsp3) is 0.800. The predicted molar refractivity (Wildman–Crippen MR) is 55.6 cm³/mol. The molecule has 2 N–H and O–H groups in total. The number of amides is 2. The maximum absolute atomic E-state index is 11.7. The third-order valence-electron chi connectivity index (χ3n) is 2.82. The van der Waals surface area contributed by atoms with Gasteiger partial charge < -0.3 is 15.3 Å². The van der Waals surface area contributed by atoms with Crippen LogP contribution in [0.15, 0.2) is 0 Å². The highest BCUT2D eigenvalue weighted by Gasteiger charge is 2.28. The van der Waals surface area contributed by atoms with Crippen molar-refractivity contribution in [2.24, 2.45) is 0 Å². The summed E-state index contributed by atoms with van der Waals surface area (Å²) in [6.07, 6.45) is 2.95. The van der Waals surface area contributed by atoms with Crippen molar-refractivity contribution >= 4 is 12.0 Å². The van der Waals surface area contributed by atoms with E-state index in [4.69, 9.17) is 5.11 Å². The van der Waals surface area contributed by atoms with Gasteiger partial charge in [-0.05, 0) is 26.2 Å². The van der Waals surface area contributed by atoms with Crippen molar-refractivity contribution in [3.05, 3.63) is 0 Å². The molecule has 0 aliphatic carbocycles. The summed E-state index contributed by atoms with van der Waals surface area (Å²) in [4.78, 5) is 24.0. The second-order valence-electron chi connectivity index (χ2n) is 3.91. The lowest BCUT2D eigenvalue weighted by Crippen LogP contribution is -2.48. The molecule has 2 amide bonds. The minimum atomic E-state index is -1.00. The van der Waals surface area contributed by atoms with E-state index >= 15 is 0 Å². The number of carboxylic acid groups (broad SMARTS) is 1. The first kappa shape index (κ1) is 11.8. The van der Waals surface area contributed by atoms with Gasteiger partial charge in [-0.3, -0.25) is 4.79 Å². The van der Waals surface area contributed by atoms with Crippen LogP contribution in [0.1, 0.15) is 33.1 Å². The second kappa shape index (κ2) is 5.00. The van der Waals surface area contributed by atoms with Gasteiger partial charge in [0.05, 0.1) is 0 Å². The maximum Gasteiger partial charge on any atom is 0.325 e.